The van der Waals surface area contributed by atoms with Crippen LogP contribution < -0.4 is 0 Å². The molecular weight excluding hydrogens is 322 g/mol. The standard InChI is InChI=1S/C19H25NO3S/c1-2-24(22,23)17-10-5-4-9-16(17)18(21)20-14-8-13-19(15-20)11-6-3-7-12-19/h3-6,9-10H,2,7-8,11-15H2,1H3/t19-/m1/s1. The van der Waals surface area contributed by atoms with E-state index in [4.69, 9.17) is 0 Å². The van der Waals surface area contributed by atoms with Gasteiger partial charge >= 0.3 is 0 Å². The molecule has 0 N–H and O–H groups in total. The van der Waals surface area contributed by atoms with Crippen LogP contribution in [0.15, 0.2) is 41.3 Å². The number of hydrogen-bond donors (Lipinski definition) is 0. The normalized spacial score (nSPS) is 24.3. The average molecular weight is 347 g/mol. The van der Waals surface area contributed by atoms with Gasteiger partial charge in [0.05, 0.1) is 16.2 Å². The first-order chi connectivity index (χ1) is 11.5. The number of likely N-dealkylation sites (tertiary alicyclic amines) is 1. The van der Waals surface area contributed by atoms with E-state index in [1.165, 1.54) is 0 Å². The van der Waals surface area contributed by atoms with Gasteiger partial charge in [-0.05, 0) is 49.7 Å². The summed E-state index contributed by atoms with van der Waals surface area (Å²) in [5.74, 6) is -0.136. The fourth-order valence-corrected chi connectivity index (χ4v) is 5.02. The molecule has 1 aliphatic heterocycles. The molecular formula is C19H25NO3S. The fourth-order valence-electron chi connectivity index (χ4n) is 3.94. The Hall–Kier alpha value is -1.62. The van der Waals surface area contributed by atoms with Gasteiger partial charge < -0.3 is 4.90 Å². The average Bonchev–Trinajstić information content (AvgIpc) is 2.62. The van der Waals surface area contributed by atoms with Gasteiger partial charge in [0.25, 0.3) is 5.91 Å². The van der Waals surface area contributed by atoms with E-state index in [0.29, 0.717) is 12.1 Å². The zero-order valence-corrected chi connectivity index (χ0v) is 15.0. The van der Waals surface area contributed by atoms with Crippen LogP contribution in [0.1, 0.15) is 49.4 Å². The van der Waals surface area contributed by atoms with Crippen molar-refractivity contribution in [1.82, 2.24) is 4.90 Å². The van der Waals surface area contributed by atoms with E-state index in [1.54, 1.807) is 31.2 Å². The van der Waals surface area contributed by atoms with Gasteiger partial charge in [0.1, 0.15) is 0 Å². The monoisotopic (exact) mass is 347 g/mol. The summed E-state index contributed by atoms with van der Waals surface area (Å²) in [5.41, 5.74) is 0.504. The highest BCUT2D eigenvalue weighted by Gasteiger charge is 2.37. The summed E-state index contributed by atoms with van der Waals surface area (Å²) in [6.07, 6.45) is 9.79. The Morgan fingerprint density at radius 3 is 2.71 bits per heavy atom. The van der Waals surface area contributed by atoms with Crippen molar-refractivity contribution in [3.63, 3.8) is 0 Å². The van der Waals surface area contributed by atoms with Crippen LogP contribution in [0.3, 0.4) is 0 Å². The van der Waals surface area contributed by atoms with Gasteiger partial charge in [0.2, 0.25) is 0 Å². The van der Waals surface area contributed by atoms with Crippen molar-refractivity contribution in [3.05, 3.63) is 42.0 Å². The molecule has 1 fully saturated rings. The summed E-state index contributed by atoms with van der Waals surface area (Å²) < 4.78 is 24.6. The molecule has 4 nitrogen and oxygen atoms in total. The Bertz CT molecular complexity index is 754. The van der Waals surface area contributed by atoms with E-state index in [0.717, 1.165) is 38.6 Å². The summed E-state index contributed by atoms with van der Waals surface area (Å²) in [6.45, 7) is 3.06. The zero-order chi connectivity index (χ0) is 17.2. The third-order valence-electron chi connectivity index (χ3n) is 5.34. The number of benzene rings is 1. The quantitative estimate of drug-likeness (QED) is 0.787. The second-order valence-electron chi connectivity index (χ2n) is 6.94. The summed E-state index contributed by atoms with van der Waals surface area (Å²) in [6, 6.07) is 6.62. The molecule has 0 unspecified atom stereocenters. The predicted octanol–water partition coefficient (Wildman–Crippen LogP) is 3.44. The SMILES string of the molecule is CCS(=O)(=O)c1ccccc1C(=O)N1CCC[C@]2(CC=CCC2)C1. The Balaban J connectivity index is 1.88. The van der Waals surface area contributed by atoms with Gasteiger partial charge in [-0.2, -0.15) is 0 Å². The van der Waals surface area contributed by atoms with Crippen molar-refractivity contribution >= 4 is 15.7 Å². The molecule has 24 heavy (non-hydrogen) atoms. The number of piperidine rings is 1. The number of allylic oxidation sites excluding steroid dienone is 2. The molecule has 2 aliphatic rings. The first kappa shape index (κ1) is 17.2. The Morgan fingerprint density at radius 2 is 2.00 bits per heavy atom. The van der Waals surface area contributed by atoms with Crippen molar-refractivity contribution in [1.29, 1.82) is 0 Å². The molecule has 0 aromatic heterocycles. The number of amides is 1. The molecule has 1 heterocycles. The molecule has 0 saturated carbocycles. The lowest BCUT2D eigenvalue weighted by molar-refractivity contribution is 0.0481. The fraction of sp³-hybridized carbons (Fsp3) is 0.526. The van der Waals surface area contributed by atoms with E-state index in [1.807, 2.05) is 4.90 Å². The molecule has 1 spiro atoms. The molecule has 1 aliphatic carbocycles. The highest BCUT2D eigenvalue weighted by atomic mass is 32.2. The number of sulfone groups is 1. The maximum Gasteiger partial charge on any atom is 0.255 e. The molecule has 0 bridgehead atoms. The lowest BCUT2D eigenvalue weighted by Crippen LogP contribution is -2.46. The largest absolute Gasteiger partial charge is 0.338 e. The number of rotatable bonds is 3. The van der Waals surface area contributed by atoms with Gasteiger partial charge in [0.15, 0.2) is 9.84 Å². The van der Waals surface area contributed by atoms with Crippen LogP contribution in [0.2, 0.25) is 0 Å². The van der Waals surface area contributed by atoms with Gasteiger partial charge in [-0.25, -0.2) is 8.42 Å². The van der Waals surface area contributed by atoms with Gasteiger partial charge in [-0.1, -0.05) is 31.2 Å². The summed E-state index contributed by atoms with van der Waals surface area (Å²) in [4.78, 5) is 15.1. The molecule has 3 rings (SSSR count). The molecule has 1 aromatic carbocycles. The van der Waals surface area contributed by atoms with Crippen LogP contribution in [-0.2, 0) is 9.84 Å². The van der Waals surface area contributed by atoms with E-state index in [9.17, 15) is 13.2 Å². The predicted molar refractivity (Wildman–Crippen MR) is 94.7 cm³/mol. The second-order valence-corrected chi connectivity index (χ2v) is 9.19. The molecule has 1 saturated heterocycles. The van der Waals surface area contributed by atoms with E-state index < -0.39 is 9.84 Å². The highest BCUT2D eigenvalue weighted by molar-refractivity contribution is 7.91. The third kappa shape index (κ3) is 3.27. The van der Waals surface area contributed by atoms with Crippen molar-refractivity contribution in [2.45, 2.75) is 43.9 Å². The van der Waals surface area contributed by atoms with Crippen LogP contribution in [-0.4, -0.2) is 38.1 Å². The van der Waals surface area contributed by atoms with Crippen LogP contribution in [0, 0.1) is 5.41 Å². The summed E-state index contributed by atoms with van der Waals surface area (Å²) >= 11 is 0. The highest BCUT2D eigenvalue weighted by Crippen LogP contribution is 2.41. The van der Waals surface area contributed by atoms with Crippen LogP contribution >= 0.6 is 0 Å². The van der Waals surface area contributed by atoms with E-state index >= 15 is 0 Å². The smallest absolute Gasteiger partial charge is 0.255 e. The lowest BCUT2D eigenvalue weighted by Gasteiger charge is -2.44. The number of nitrogens with zero attached hydrogens (tertiary/aromatic N) is 1. The van der Waals surface area contributed by atoms with Crippen molar-refractivity contribution < 1.29 is 13.2 Å². The Labute approximate surface area is 144 Å². The molecule has 0 radical (unpaired) electrons. The molecule has 1 aromatic rings. The topological polar surface area (TPSA) is 54.5 Å². The van der Waals surface area contributed by atoms with E-state index in [-0.39, 0.29) is 22.0 Å². The Kier molecular flexibility index (Phi) is 4.81. The number of carbonyl (C=O) groups is 1. The first-order valence-electron chi connectivity index (χ1n) is 8.73. The van der Waals surface area contributed by atoms with Crippen molar-refractivity contribution in [2.24, 2.45) is 5.41 Å². The van der Waals surface area contributed by atoms with Crippen LogP contribution in [0.25, 0.3) is 0 Å². The van der Waals surface area contributed by atoms with Gasteiger partial charge in [0, 0.05) is 13.1 Å². The minimum absolute atomic E-state index is 0.00598. The number of hydrogen-bond acceptors (Lipinski definition) is 3. The minimum atomic E-state index is -3.40. The maximum absolute atomic E-state index is 13.1. The first-order valence-corrected chi connectivity index (χ1v) is 10.4. The number of carbonyl (C=O) groups excluding carboxylic acids is 1. The van der Waals surface area contributed by atoms with Crippen LogP contribution in [0.5, 0.6) is 0 Å². The second kappa shape index (κ2) is 6.71. The Morgan fingerprint density at radius 1 is 1.21 bits per heavy atom. The lowest BCUT2D eigenvalue weighted by atomic mass is 9.71. The maximum atomic E-state index is 13.1. The molecule has 1 atom stereocenters. The third-order valence-corrected chi connectivity index (χ3v) is 7.13. The molecule has 130 valence electrons. The summed E-state index contributed by atoms with van der Waals surface area (Å²) in [5, 5.41) is 0. The van der Waals surface area contributed by atoms with Crippen molar-refractivity contribution in [3.8, 4) is 0 Å². The van der Waals surface area contributed by atoms with Crippen LogP contribution in [0.4, 0.5) is 0 Å². The van der Waals surface area contributed by atoms with Gasteiger partial charge in [-0.15, -0.1) is 0 Å². The van der Waals surface area contributed by atoms with E-state index in [2.05, 4.69) is 12.2 Å². The molecule has 1 amide bonds. The minimum Gasteiger partial charge on any atom is -0.338 e. The van der Waals surface area contributed by atoms with Gasteiger partial charge in [-0.3, -0.25) is 4.79 Å². The zero-order valence-electron chi connectivity index (χ0n) is 14.2. The summed E-state index contributed by atoms with van der Waals surface area (Å²) in [7, 11) is -3.40. The molecule has 5 heteroatoms. The van der Waals surface area contributed by atoms with Crippen molar-refractivity contribution in [2.75, 3.05) is 18.8 Å².